The van der Waals surface area contributed by atoms with Gasteiger partial charge in [-0.1, -0.05) is 64.1 Å². The molecule has 104 valence electrons. The number of hydrogen-bond donors (Lipinski definition) is 0. The third-order valence-electron chi connectivity index (χ3n) is 1.64. The monoisotopic (exact) mass is 364 g/mol. The van der Waals surface area contributed by atoms with Gasteiger partial charge in [0, 0.05) is 6.07 Å². The minimum absolute atomic E-state index is 0.0299. The number of benzene rings is 1. The fourth-order valence-electron chi connectivity index (χ4n) is 0.927. The number of alkyl halides is 5. The molecular formula is C10H5Cl5O4. The Bertz CT molecular complexity index is 483. The summed E-state index contributed by atoms with van der Waals surface area (Å²) in [4.78, 5) is 21.1. The number of carbonyl (C=O) groups excluding carboxylic acids is 2. The molecule has 0 fully saturated rings. The standard InChI is InChI=1S/C10H5Cl5O4/c11-7(12)8(16)18-5-2-1-3-6(4-5)19-9(17)10(13,14)15/h1-4,7H. The third kappa shape index (κ3) is 5.63. The summed E-state index contributed by atoms with van der Waals surface area (Å²) in [6.45, 7) is 0. The fourth-order valence-corrected chi connectivity index (χ4v) is 1.13. The highest BCUT2D eigenvalue weighted by atomic mass is 35.6. The second-order valence-electron chi connectivity index (χ2n) is 3.08. The summed E-state index contributed by atoms with van der Waals surface area (Å²) >= 11 is 26.6. The van der Waals surface area contributed by atoms with Crippen LogP contribution in [0, 0.1) is 0 Å². The molecule has 0 radical (unpaired) electrons. The van der Waals surface area contributed by atoms with Crippen molar-refractivity contribution < 1.29 is 19.1 Å². The first-order chi connectivity index (χ1) is 8.70. The smallest absolute Gasteiger partial charge is 0.363 e. The van der Waals surface area contributed by atoms with E-state index in [2.05, 4.69) is 0 Å². The maximum atomic E-state index is 11.3. The number of hydrogen-bond acceptors (Lipinski definition) is 4. The molecule has 1 rings (SSSR count). The highest BCUT2D eigenvalue weighted by Crippen LogP contribution is 2.29. The first kappa shape index (κ1) is 16.7. The van der Waals surface area contributed by atoms with Crippen LogP contribution in [0.15, 0.2) is 24.3 Å². The van der Waals surface area contributed by atoms with Gasteiger partial charge < -0.3 is 9.47 Å². The van der Waals surface area contributed by atoms with Crippen molar-refractivity contribution in [1.29, 1.82) is 0 Å². The molecule has 1 aromatic carbocycles. The Morgan fingerprint density at radius 1 is 1.05 bits per heavy atom. The first-order valence-electron chi connectivity index (χ1n) is 4.59. The summed E-state index contributed by atoms with van der Waals surface area (Å²) in [5, 5.41) is 0. The van der Waals surface area contributed by atoms with Gasteiger partial charge in [0.1, 0.15) is 11.5 Å². The van der Waals surface area contributed by atoms with Crippen molar-refractivity contribution >= 4 is 69.9 Å². The number of halogens is 5. The van der Waals surface area contributed by atoms with Crippen LogP contribution in [-0.2, 0) is 9.59 Å². The molecule has 0 aliphatic rings. The van der Waals surface area contributed by atoms with E-state index < -0.39 is 20.6 Å². The van der Waals surface area contributed by atoms with Gasteiger partial charge in [0.15, 0.2) is 0 Å². The van der Waals surface area contributed by atoms with Gasteiger partial charge in [-0.05, 0) is 12.1 Å². The van der Waals surface area contributed by atoms with Gasteiger partial charge in [0.05, 0.1) is 0 Å². The van der Waals surface area contributed by atoms with Crippen molar-refractivity contribution in [2.75, 3.05) is 0 Å². The lowest BCUT2D eigenvalue weighted by Crippen LogP contribution is -2.24. The molecule has 0 unspecified atom stereocenters. The van der Waals surface area contributed by atoms with Gasteiger partial charge in [0.2, 0.25) is 4.84 Å². The van der Waals surface area contributed by atoms with Gasteiger partial charge in [-0.3, -0.25) is 0 Å². The van der Waals surface area contributed by atoms with E-state index in [1.54, 1.807) is 0 Å². The zero-order chi connectivity index (χ0) is 14.6. The number of carbonyl (C=O) groups is 2. The van der Waals surface area contributed by atoms with E-state index >= 15 is 0 Å². The minimum atomic E-state index is -2.20. The Hall–Kier alpha value is -0.390. The van der Waals surface area contributed by atoms with Crippen molar-refractivity contribution in [3.8, 4) is 11.5 Å². The summed E-state index contributed by atoms with van der Waals surface area (Å²) in [5.41, 5.74) is 0. The van der Waals surface area contributed by atoms with Crippen LogP contribution in [0.3, 0.4) is 0 Å². The van der Waals surface area contributed by atoms with Crippen molar-refractivity contribution in [2.45, 2.75) is 8.63 Å². The van der Waals surface area contributed by atoms with Crippen molar-refractivity contribution in [3.05, 3.63) is 24.3 Å². The van der Waals surface area contributed by atoms with Crippen LogP contribution in [0.1, 0.15) is 0 Å². The molecule has 19 heavy (non-hydrogen) atoms. The molecular weight excluding hydrogens is 361 g/mol. The lowest BCUT2D eigenvalue weighted by Gasteiger charge is -2.11. The maximum absolute atomic E-state index is 11.3. The molecule has 0 bridgehead atoms. The van der Waals surface area contributed by atoms with Crippen LogP contribution in [0.2, 0.25) is 0 Å². The molecule has 0 heterocycles. The summed E-state index contributed by atoms with van der Waals surface area (Å²) < 4.78 is 7.36. The Morgan fingerprint density at radius 3 is 2.05 bits per heavy atom. The normalized spacial score (nSPS) is 11.3. The van der Waals surface area contributed by atoms with E-state index in [9.17, 15) is 9.59 Å². The molecule has 4 nitrogen and oxygen atoms in total. The van der Waals surface area contributed by atoms with Gasteiger partial charge in [-0.15, -0.1) is 0 Å². The molecule has 0 saturated carbocycles. The second kappa shape index (κ2) is 6.86. The highest BCUT2D eigenvalue weighted by Gasteiger charge is 2.33. The lowest BCUT2D eigenvalue weighted by atomic mass is 10.3. The largest absolute Gasteiger partial charge is 0.424 e. The molecule has 0 N–H and O–H groups in total. The minimum Gasteiger partial charge on any atom is -0.424 e. The van der Waals surface area contributed by atoms with Crippen molar-refractivity contribution in [3.63, 3.8) is 0 Å². The average Bonchev–Trinajstić information content (AvgIpc) is 2.27. The summed E-state index contributed by atoms with van der Waals surface area (Å²) in [6.07, 6.45) is 0. The van der Waals surface area contributed by atoms with E-state index in [1.165, 1.54) is 24.3 Å². The molecule has 0 aliphatic heterocycles. The Kier molecular flexibility index (Phi) is 6.02. The topological polar surface area (TPSA) is 52.6 Å². The molecule has 0 aliphatic carbocycles. The maximum Gasteiger partial charge on any atom is 0.363 e. The van der Waals surface area contributed by atoms with Gasteiger partial charge in [-0.2, -0.15) is 0 Å². The van der Waals surface area contributed by atoms with E-state index in [4.69, 9.17) is 67.5 Å². The summed E-state index contributed by atoms with van der Waals surface area (Å²) in [5.74, 6) is -1.85. The van der Waals surface area contributed by atoms with E-state index in [-0.39, 0.29) is 11.5 Å². The SMILES string of the molecule is O=C(Oc1cccc(OC(=O)C(Cl)(Cl)Cl)c1)C(Cl)Cl. The number of esters is 2. The third-order valence-corrected chi connectivity index (χ3v) is 2.46. The zero-order valence-electron chi connectivity index (χ0n) is 8.91. The van der Waals surface area contributed by atoms with Crippen LogP contribution in [0.25, 0.3) is 0 Å². The van der Waals surface area contributed by atoms with E-state index in [0.717, 1.165) is 0 Å². The zero-order valence-corrected chi connectivity index (χ0v) is 12.7. The lowest BCUT2D eigenvalue weighted by molar-refractivity contribution is -0.133. The highest BCUT2D eigenvalue weighted by molar-refractivity contribution is 6.75. The van der Waals surface area contributed by atoms with Gasteiger partial charge >= 0.3 is 11.9 Å². The summed E-state index contributed by atoms with van der Waals surface area (Å²) in [7, 11) is 0. The van der Waals surface area contributed by atoms with Crippen LogP contribution < -0.4 is 9.47 Å². The van der Waals surface area contributed by atoms with Gasteiger partial charge in [-0.25, -0.2) is 9.59 Å². The van der Waals surface area contributed by atoms with Crippen LogP contribution in [0.5, 0.6) is 11.5 Å². The van der Waals surface area contributed by atoms with Crippen LogP contribution in [0.4, 0.5) is 0 Å². The molecule has 9 heteroatoms. The molecule has 0 saturated heterocycles. The summed E-state index contributed by atoms with van der Waals surface area (Å²) in [6, 6.07) is 5.54. The number of ether oxygens (including phenoxy) is 2. The van der Waals surface area contributed by atoms with Crippen molar-refractivity contribution in [2.24, 2.45) is 0 Å². The van der Waals surface area contributed by atoms with Gasteiger partial charge in [0.25, 0.3) is 3.79 Å². The Labute approximate surface area is 133 Å². The van der Waals surface area contributed by atoms with Crippen LogP contribution >= 0.6 is 58.0 Å². The molecule has 0 spiro atoms. The first-order valence-corrected chi connectivity index (χ1v) is 6.59. The molecule has 0 aromatic heterocycles. The van der Waals surface area contributed by atoms with Crippen LogP contribution in [-0.4, -0.2) is 20.6 Å². The van der Waals surface area contributed by atoms with E-state index in [0.29, 0.717) is 0 Å². The second-order valence-corrected chi connectivity index (χ2v) is 6.46. The molecule has 0 amide bonds. The fraction of sp³-hybridized carbons (Fsp3) is 0.200. The molecule has 0 atom stereocenters. The Balaban J connectivity index is 2.78. The average molecular weight is 366 g/mol. The van der Waals surface area contributed by atoms with E-state index in [1.807, 2.05) is 0 Å². The quantitative estimate of drug-likeness (QED) is 0.465. The predicted molar refractivity (Wildman–Crippen MR) is 73.5 cm³/mol. The number of rotatable bonds is 3. The predicted octanol–water partition coefficient (Wildman–Crippen LogP) is 3.67. The van der Waals surface area contributed by atoms with Crippen molar-refractivity contribution in [1.82, 2.24) is 0 Å². The molecule has 1 aromatic rings. The Morgan fingerprint density at radius 2 is 1.58 bits per heavy atom.